The molecule has 5 nitrogen and oxygen atoms in total. The first-order valence-corrected chi connectivity index (χ1v) is 6.89. The summed E-state index contributed by atoms with van der Waals surface area (Å²) in [6.45, 7) is 6.80. The average molecular weight is 265 g/mol. The number of aryl methyl sites for hydroxylation is 1. The van der Waals surface area contributed by atoms with Gasteiger partial charge in [0.25, 0.3) is 0 Å². The Morgan fingerprint density at radius 3 is 3.11 bits per heavy atom. The molecular weight excluding hydrogens is 242 g/mol. The average Bonchev–Trinajstić information content (AvgIpc) is 2.82. The lowest BCUT2D eigenvalue weighted by atomic mass is 9.91. The number of aromatic nitrogens is 2. The molecule has 2 unspecified atom stereocenters. The fraction of sp³-hybridized carbons (Fsp3) is 0.714. The number of nitrogens with one attached hydrogen (secondary N) is 1. The van der Waals surface area contributed by atoms with Crippen molar-refractivity contribution in [2.24, 2.45) is 11.8 Å². The number of rotatable bonds is 4. The Labute approximate surface area is 114 Å². The molecule has 2 rings (SSSR count). The summed E-state index contributed by atoms with van der Waals surface area (Å²) in [5.41, 5.74) is 0.258. The van der Waals surface area contributed by atoms with E-state index in [9.17, 15) is 9.90 Å². The van der Waals surface area contributed by atoms with Crippen molar-refractivity contribution in [3.63, 3.8) is 0 Å². The monoisotopic (exact) mass is 265 g/mol. The molecule has 0 bridgehead atoms. The van der Waals surface area contributed by atoms with Gasteiger partial charge in [0.2, 0.25) is 5.91 Å². The Morgan fingerprint density at radius 2 is 2.42 bits per heavy atom. The van der Waals surface area contributed by atoms with Gasteiger partial charge in [-0.25, -0.2) is 4.98 Å². The highest BCUT2D eigenvalue weighted by molar-refractivity contribution is 5.79. The minimum atomic E-state index is -0.855. The number of amides is 1. The molecule has 2 atom stereocenters. The summed E-state index contributed by atoms with van der Waals surface area (Å²) >= 11 is 0. The van der Waals surface area contributed by atoms with Crippen LogP contribution in [0.4, 0.5) is 0 Å². The van der Waals surface area contributed by atoms with E-state index in [1.165, 1.54) is 0 Å². The molecule has 1 aromatic rings. The van der Waals surface area contributed by atoms with Gasteiger partial charge in [-0.15, -0.1) is 0 Å². The van der Waals surface area contributed by atoms with Crippen molar-refractivity contribution in [3.05, 3.63) is 18.2 Å². The summed E-state index contributed by atoms with van der Waals surface area (Å²) in [6.07, 6.45) is 5.20. The van der Waals surface area contributed by atoms with E-state index >= 15 is 0 Å². The summed E-state index contributed by atoms with van der Waals surface area (Å²) in [7, 11) is 0. The number of carbonyl (C=O) groups excluding carboxylic acids is 1. The van der Waals surface area contributed by atoms with E-state index in [2.05, 4.69) is 14.9 Å². The van der Waals surface area contributed by atoms with E-state index in [4.69, 9.17) is 0 Å². The van der Waals surface area contributed by atoms with E-state index in [0.29, 0.717) is 6.54 Å². The highest BCUT2D eigenvalue weighted by Gasteiger charge is 2.29. The Morgan fingerprint density at radius 1 is 1.68 bits per heavy atom. The largest absolute Gasteiger partial charge is 0.388 e. The van der Waals surface area contributed by atoms with Gasteiger partial charge in [-0.1, -0.05) is 13.8 Å². The Kier molecular flexibility index (Phi) is 3.94. The van der Waals surface area contributed by atoms with Crippen LogP contribution in [-0.4, -0.2) is 32.7 Å². The second kappa shape index (κ2) is 5.33. The SMILES string of the molecule is CC(C)C(C)(O)CNC(=O)C1CCn2cncc2C1. The molecule has 1 aromatic heterocycles. The van der Waals surface area contributed by atoms with E-state index in [1.807, 2.05) is 26.4 Å². The van der Waals surface area contributed by atoms with Crippen LogP contribution in [0.2, 0.25) is 0 Å². The van der Waals surface area contributed by atoms with Gasteiger partial charge in [0.05, 0.1) is 11.9 Å². The maximum atomic E-state index is 12.1. The Bertz CT molecular complexity index is 451. The van der Waals surface area contributed by atoms with Gasteiger partial charge in [-0.05, 0) is 19.3 Å². The molecule has 1 aliphatic rings. The maximum Gasteiger partial charge on any atom is 0.223 e. The molecule has 19 heavy (non-hydrogen) atoms. The zero-order chi connectivity index (χ0) is 14.0. The van der Waals surface area contributed by atoms with Crippen LogP contribution in [0.1, 0.15) is 32.9 Å². The lowest BCUT2D eigenvalue weighted by Gasteiger charge is -2.29. The second-order valence-electron chi connectivity index (χ2n) is 6.00. The molecule has 0 aliphatic carbocycles. The highest BCUT2D eigenvalue weighted by atomic mass is 16.3. The summed E-state index contributed by atoms with van der Waals surface area (Å²) in [5.74, 6) is 0.140. The van der Waals surface area contributed by atoms with Gasteiger partial charge in [-0.2, -0.15) is 0 Å². The molecule has 0 saturated heterocycles. The van der Waals surface area contributed by atoms with Crippen molar-refractivity contribution in [1.82, 2.24) is 14.9 Å². The molecule has 0 radical (unpaired) electrons. The van der Waals surface area contributed by atoms with Gasteiger partial charge in [-0.3, -0.25) is 4.79 Å². The molecule has 106 valence electrons. The molecule has 5 heteroatoms. The number of hydrogen-bond donors (Lipinski definition) is 2. The lowest BCUT2D eigenvalue weighted by Crippen LogP contribution is -2.46. The number of hydrogen-bond acceptors (Lipinski definition) is 3. The van der Waals surface area contributed by atoms with Crippen LogP contribution < -0.4 is 5.32 Å². The van der Waals surface area contributed by atoms with Crippen molar-refractivity contribution in [2.75, 3.05) is 6.54 Å². The van der Waals surface area contributed by atoms with Crippen LogP contribution in [0.5, 0.6) is 0 Å². The standard InChI is InChI=1S/C14H23N3O2/c1-10(2)14(3,19)8-16-13(18)11-4-5-17-9-15-7-12(17)6-11/h7,9-11,19H,4-6,8H2,1-3H3,(H,16,18). The van der Waals surface area contributed by atoms with Crippen LogP contribution in [0, 0.1) is 11.8 Å². The highest BCUT2D eigenvalue weighted by Crippen LogP contribution is 2.20. The van der Waals surface area contributed by atoms with Crippen molar-refractivity contribution >= 4 is 5.91 Å². The zero-order valence-electron chi connectivity index (χ0n) is 11.9. The molecule has 1 aliphatic heterocycles. The fourth-order valence-electron chi connectivity index (χ4n) is 2.21. The summed E-state index contributed by atoms with van der Waals surface area (Å²) in [5, 5.41) is 13.0. The number of aliphatic hydroxyl groups is 1. The molecule has 2 heterocycles. The summed E-state index contributed by atoms with van der Waals surface area (Å²) in [4.78, 5) is 16.2. The predicted molar refractivity (Wildman–Crippen MR) is 72.5 cm³/mol. The van der Waals surface area contributed by atoms with Gasteiger partial charge in [0.1, 0.15) is 0 Å². The third-order valence-electron chi connectivity index (χ3n) is 4.21. The molecule has 2 N–H and O–H groups in total. The molecule has 0 spiro atoms. The Hall–Kier alpha value is -1.36. The Balaban J connectivity index is 1.89. The smallest absolute Gasteiger partial charge is 0.223 e. The van der Waals surface area contributed by atoms with Crippen molar-refractivity contribution in [3.8, 4) is 0 Å². The minimum absolute atomic E-state index is 0.00726. The fourth-order valence-corrected chi connectivity index (χ4v) is 2.21. The number of carbonyl (C=O) groups is 1. The van der Waals surface area contributed by atoms with Crippen LogP contribution >= 0.6 is 0 Å². The summed E-state index contributed by atoms with van der Waals surface area (Å²) in [6, 6.07) is 0. The van der Waals surface area contributed by atoms with Crippen LogP contribution in [0.15, 0.2) is 12.5 Å². The van der Waals surface area contributed by atoms with Crippen LogP contribution in [0.3, 0.4) is 0 Å². The normalized spacial score (nSPS) is 21.8. The predicted octanol–water partition coefficient (Wildman–Crippen LogP) is 0.969. The molecule has 0 saturated carbocycles. The van der Waals surface area contributed by atoms with Gasteiger partial charge < -0.3 is 15.0 Å². The maximum absolute atomic E-state index is 12.1. The van der Waals surface area contributed by atoms with Crippen molar-refractivity contribution in [2.45, 2.75) is 45.8 Å². The van der Waals surface area contributed by atoms with Crippen molar-refractivity contribution < 1.29 is 9.90 Å². The first-order chi connectivity index (χ1) is 8.90. The third kappa shape index (κ3) is 3.15. The molecule has 0 fully saturated rings. The third-order valence-corrected chi connectivity index (χ3v) is 4.21. The zero-order valence-corrected chi connectivity index (χ0v) is 11.9. The van der Waals surface area contributed by atoms with Crippen molar-refractivity contribution in [1.29, 1.82) is 0 Å². The van der Waals surface area contributed by atoms with Crippen LogP contribution in [-0.2, 0) is 17.8 Å². The van der Waals surface area contributed by atoms with Gasteiger partial charge >= 0.3 is 0 Å². The van der Waals surface area contributed by atoms with E-state index < -0.39 is 5.60 Å². The first-order valence-electron chi connectivity index (χ1n) is 6.89. The molecule has 1 amide bonds. The molecular formula is C14H23N3O2. The van der Waals surface area contributed by atoms with Gasteiger partial charge in [0, 0.05) is 37.3 Å². The number of fused-ring (bicyclic) bond motifs is 1. The molecule has 0 aromatic carbocycles. The van der Waals surface area contributed by atoms with E-state index in [1.54, 1.807) is 6.92 Å². The topological polar surface area (TPSA) is 67.2 Å². The van der Waals surface area contributed by atoms with E-state index in [0.717, 1.165) is 25.1 Å². The van der Waals surface area contributed by atoms with Gasteiger partial charge in [0.15, 0.2) is 0 Å². The van der Waals surface area contributed by atoms with Crippen LogP contribution in [0.25, 0.3) is 0 Å². The summed E-state index contributed by atoms with van der Waals surface area (Å²) < 4.78 is 2.09. The number of imidazole rings is 1. The second-order valence-corrected chi connectivity index (χ2v) is 6.00. The lowest BCUT2D eigenvalue weighted by molar-refractivity contribution is -0.127. The quantitative estimate of drug-likeness (QED) is 0.852. The number of nitrogens with zero attached hydrogens (tertiary/aromatic N) is 2. The van der Waals surface area contributed by atoms with E-state index in [-0.39, 0.29) is 17.7 Å². The first kappa shape index (κ1) is 14.1. The minimum Gasteiger partial charge on any atom is -0.388 e.